The van der Waals surface area contributed by atoms with E-state index in [0.29, 0.717) is 12.3 Å². The first kappa shape index (κ1) is 18.0. The van der Waals surface area contributed by atoms with Crippen LogP contribution in [0.2, 0.25) is 0 Å². The molecule has 0 N–H and O–H groups in total. The third-order valence-corrected chi connectivity index (χ3v) is 4.67. The maximum Gasteiger partial charge on any atom is 0.263 e. The van der Waals surface area contributed by atoms with Crippen LogP contribution in [-0.4, -0.2) is 33.7 Å². The van der Waals surface area contributed by atoms with Crippen LogP contribution in [0, 0.1) is 6.92 Å². The molecule has 0 saturated heterocycles. The number of carbonyl (C=O) groups is 1. The van der Waals surface area contributed by atoms with Crippen LogP contribution in [0.1, 0.15) is 25.1 Å². The van der Waals surface area contributed by atoms with Gasteiger partial charge in [-0.15, -0.1) is 0 Å². The number of hydrogen-bond acceptors (Lipinski definition) is 3. The fraction of sp³-hybridized carbons (Fsp3) is 0.333. The fourth-order valence-corrected chi connectivity index (χ4v) is 3.10. The summed E-state index contributed by atoms with van der Waals surface area (Å²) in [5, 5.41) is 6.59. The van der Waals surface area contributed by atoms with Crippen molar-refractivity contribution in [1.82, 2.24) is 14.7 Å². The topological polar surface area (TPSA) is 47.4 Å². The molecule has 1 amide bonds. The zero-order valence-corrected chi connectivity index (χ0v) is 15.8. The lowest BCUT2D eigenvalue weighted by Crippen LogP contribution is -2.37. The molecule has 1 aromatic heterocycles. The highest BCUT2D eigenvalue weighted by Crippen LogP contribution is 2.22. The Morgan fingerprint density at radius 3 is 2.65 bits per heavy atom. The molecule has 0 aliphatic heterocycles. The van der Waals surface area contributed by atoms with Gasteiger partial charge in [-0.1, -0.05) is 30.3 Å². The van der Waals surface area contributed by atoms with Crippen molar-refractivity contribution in [3.05, 3.63) is 59.9 Å². The molecule has 1 heterocycles. The predicted octanol–water partition coefficient (Wildman–Crippen LogP) is 3.79. The smallest absolute Gasteiger partial charge is 0.263 e. The quantitative estimate of drug-likeness (QED) is 0.679. The van der Waals surface area contributed by atoms with Gasteiger partial charge >= 0.3 is 0 Å². The molecular formula is C21H25N3O2. The van der Waals surface area contributed by atoms with Gasteiger partial charge in [0.15, 0.2) is 6.10 Å². The SMILES string of the molecule is CCn1ncc(CN(C)C(=O)[C@H](C)Oc2ccc3ccccc3c2)c1C. The van der Waals surface area contributed by atoms with E-state index in [2.05, 4.69) is 18.1 Å². The zero-order valence-electron chi connectivity index (χ0n) is 15.8. The van der Waals surface area contributed by atoms with Crippen LogP contribution in [-0.2, 0) is 17.9 Å². The Morgan fingerprint density at radius 2 is 1.96 bits per heavy atom. The third-order valence-electron chi connectivity index (χ3n) is 4.67. The molecule has 0 bridgehead atoms. The van der Waals surface area contributed by atoms with Gasteiger partial charge in [-0.05, 0) is 43.7 Å². The largest absolute Gasteiger partial charge is 0.481 e. The average molecular weight is 351 g/mol. The van der Waals surface area contributed by atoms with Gasteiger partial charge in [-0.25, -0.2) is 0 Å². The number of aromatic nitrogens is 2. The van der Waals surface area contributed by atoms with Crippen molar-refractivity contribution >= 4 is 16.7 Å². The first-order chi connectivity index (χ1) is 12.5. The Morgan fingerprint density at radius 1 is 1.23 bits per heavy atom. The fourth-order valence-electron chi connectivity index (χ4n) is 3.10. The van der Waals surface area contributed by atoms with Crippen molar-refractivity contribution in [2.75, 3.05) is 7.05 Å². The minimum Gasteiger partial charge on any atom is -0.481 e. The number of ether oxygens (including phenoxy) is 1. The van der Waals surface area contributed by atoms with Crippen molar-refractivity contribution in [1.29, 1.82) is 0 Å². The van der Waals surface area contributed by atoms with E-state index in [4.69, 9.17) is 4.74 Å². The first-order valence-corrected chi connectivity index (χ1v) is 8.91. The summed E-state index contributed by atoms with van der Waals surface area (Å²) in [5.74, 6) is 0.648. The molecule has 5 heteroatoms. The van der Waals surface area contributed by atoms with Crippen molar-refractivity contribution in [3.8, 4) is 5.75 Å². The summed E-state index contributed by atoms with van der Waals surface area (Å²) < 4.78 is 7.82. The molecule has 3 aromatic rings. The molecule has 26 heavy (non-hydrogen) atoms. The van der Waals surface area contributed by atoms with Crippen LogP contribution in [0.4, 0.5) is 0 Å². The molecule has 0 fully saturated rings. The molecule has 0 aliphatic carbocycles. The van der Waals surface area contributed by atoms with Crippen molar-refractivity contribution in [2.45, 2.75) is 40.0 Å². The van der Waals surface area contributed by atoms with E-state index in [-0.39, 0.29) is 5.91 Å². The second-order valence-electron chi connectivity index (χ2n) is 6.53. The molecule has 1 atom stereocenters. The maximum absolute atomic E-state index is 12.7. The van der Waals surface area contributed by atoms with E-state index in [1.807, 2.05) is 54.2 Å². The second kappa shape index (κ2) is 7.60. The van der Waals surface area contributed by atoms with Crippen molar-refractivity contribution < 1.29 is 9.53 Å². The molecule has 0 saturated carbocycles. The Kier molecular flexibility index (Phi) is 5.26. The highest BCUT2D eigenvalue weighted by atomic mass is 16.5. The van der Waals surface area contributed by atoms with Crippen LogP contribution in [0.15, 0.2) is 48.7 Å². The molecule has 136 valence electrons. The number of hydrogen-bond donors (Lipinski definition) is 0. The van der Waals surface area contributed by atoms with E-state index in [0.717, 1.165) is 28.6 Å². The number of likely N-dealkylation sites (N-methyl/N-ethyl adjacent to an activating group) is 1. The number of amides is 1. The number of nitrogens with zero attached hydrogens (tertiary/aromatic N) is 3. The second-order valence-corrected chi connectivity index (χ2v) is 6.53. The summed E-state index contributed by atoms with van der Waals surface area (Å²) in [6.45, 7) is 7.22. The van der Waals surface area contributed by atoms with Gasteiger partial charge in [0.25, 0.3) is 5.91 Å². The Hall–Kier alpha value is -2.82. The molecule has 0 radical (unpaired) electrons. The standard InChI is InChI=1S/C21H25N3O2/c1-5-24-15(2)19(13-22-24)14-23(4)21(25)16(3)26-20-11-10-17-8-6-7-9-18(17)12-20/h6-13,16H,5,14H2,1-4H3/t16-/m0/s1. The van der Waals surface area contributed by atoms with Crippen molar-refractivity contribution in [3.63, 3.8) is 0 Å². The molecule has 5 nitrogen and oxygen atoms in total. The molecule has 0 unspecified atom stereocenters. The monoisotopic (exact) mass is 351 g/mol. The highest BCUT2D eigenvalue weighted by Gasteiger charge is 2.20. The summed E-state index contributed by atoms with van der Waals surface area (Å²) in [5.41, 5.74) is 2.15. The summed E-state index contributed by atoms with van der Waals surface area (Å²) in [7, 11) is 1.80. The Bertz CT molecular complexity index is 917. The molecule has 0 spiro atoms. The Balaban J connectivity index is 1.66. The van der Waals surface area contributed by atoms with E-state index in [1.54, 1.807) is 18.9 Å². The van der Waals surface area contributed by atoms with Gasteiger partial charge in [-0.3, -0.25) is 9.48 Å². The zero-order chi connectivity index (χ0) is 18.7. The maximum atomic E-state index is 12.7. The normalized spacial score (nSPS) is 12.2. The minimum absolute atomic E-state index is 0.0539. The molecule has 2 aromatic carbocycles. The first-order valence-electron chi connectivity index (χ1n) is 8.91. The Labute approximate surface area is 154 Å². The summed E-state index contributed by atoms with van der Waals surface area (Å²) in [6.07, 6.45) is 1.28. The molecule has 0 aliphatic rings. The third kappa shape index (κ3) is 3.72. The van der Waals surface area contributed by atoms with E-state index in [9.17, 15) is 4.79 Å². The van der Waals surface area contributed by atoms with Gasteiger partial charge in [0.1, 0.15) is 5.75 Å². The summed E-state index contributed by atoms with van der Waals surface area (Å²) >= 11 is 0. The minimum atomic E-state index is -0.553. The predicted molar refractivity (Wildman–Crippen MR) is 103 cm³/mol. The summed E-state index contributed by atoms with van der Waals surface area (Å²) in [6, 6.07) is 14.0. The number of benzene rings is 2. The van der Waals surface area contributed by atoms with Gasteiger partial charge < -0.3 is 9.64 Å². The number of carbonyl (C=O) groups excluding carboxylic acids is 1. The number of aryl methyl sites for hydroxylation is 1. The lowest BCUT2D eigenvalue weighted by molar-refractivity contribution is -0.137. The van der Waals surface area contributed by atoms with Crippen LogP contribution < -0.4 is 4.74 Å². The lowest BCUT2D eigenvalue weighted by atomic mass is 10.1. The molecule has 3 rings (SSSR count). The summed E-state index contributed by atoms with van der Waals surface area (Å²) in [4.78, 5) is 14.4. The number of rotatable bonds is 6. The van der Waals surface area contributed by atoms with Crippen molar-refractivity contribution in [2.24, 2.45) is 0 Å². The highest BCUT2D eigenvalue weighted by molar-refractivity contribution is 5.84. The number of fused-ring (bicyclic) bond motifs is 1. The van der Waals surface area contributed by atoms with E-state index in [1.165, 1.54) is 0 Å². The van der Waals surface area contributed by atoms with Gasteiger partial charge in [-0.2, -0.15) is 5.10 Å². The van der Waals surface area contributed by atoms with Gasteiger partial charge in [0, 0.05) is 31.4 Å². The lowest BCUT2D eigenvalue weighted by Gasteiger charge is -2.22. The molecular weight excluding hydrogens is 326 g/mol. The van der Waals surface area contributed by atoms with Crippen LogP contribution >= 0.6 is 0 Å². The average Bonchev–Trinajstić information content (AvgIpc) is 3.00. The van der Waals surface area contributed by atoms with Crippen LogP contribution in [0.5, 0.6) is 5.75 Å². The van der Waals surface area contributed by atoms with Crippen LogP contribution in [0.3, 0.4) is 0 Å². The van der Waals surface area contributed by atoms with E-state index >= 15 is 0 Å². The van der Waals surface area contributed by atoms with Gasteiger partial charge in [0.05, 0.1) is 6.20 Å². The van der Waals surface area contributed by atoms with E-state index < -0.39 is 6.10 Å². The van der Waals surface area contributed by atoms with Gasteiger partial charge in [0.2, 0.25) is 0 Å². The van der Waals surface area contributed by atoms with Crippen LogP contribution in [0.25, 0.3) is 10.8 Å².